The van der Waals surface area contributed by atoms with Gasteiger partial charge >= 0.3 is 0 Å². The van der Waals surface area contributed by atoms with Gasteiger partial charge in [-0.3, -0.25) is 9.69 Å². The van der Waals surface area contributed by atoms with Gasteiger partial charge in [-0.15, -0.1) is 0 Å². The monoisotopic (exact) mass is 483 g/mol. The smallest absolute Gasteiger partial charge is 0.253 e. The molecule has 5 nitrogen and oxygen atoms in total. The SMILES string of the molecule is Cc1c(OCCCN(C)C)ccc(C2CCCC3CN(C(=O)c4ccc(Cl)cc4)CCN32)c1C. The third kappa shape index (κ3) is 5.59. The molecule has 2 saturated heterocycles. The van der Waals surface area contributed by atoms with Crippen LogP contribution < -0.4 is 4.74 Å². The van der Waals surface area contributed by atoms with Crippen molar-refractivity contribution in [1.82, 2.24) is 14.7 Å². The van der Waals surface area contributed by atoms with Crippen molar-refractivity contribution in [3.05, 3.63) is 63.7 Å². The Hall–Kier alpha value is -2.08. The summed E-state index contributed by atoms with van der Waals surface area (Å²) in [6, 6.07) is 12.5. The molecule has 0 saturated carbocycles. The molecule has 1 amide bonds. The highest BCUT2D eigenvalue weighted by Crippen LogP contribution is 2.39. The van der Waals surface area contributed by atoms with Crippen LogP contribution in [0.4, 0.5) is 0 Å². The molecule has 2 aliphatic heterocycles. The molecule has 0 aromatic heterocycles. The van der Waals surface area contributed by atoms with Crippen molar-refractivity contribution in [2.24, 2.45) is 0 Å². The quantitative estimate of drug-likeness (QED) is 0.498. The lowest BCUT2D eigenvalue weighted by Gasteiger charge is -2.48. The fraction of sp³-hybridized carbons (Fsp3) is 0.536. The van der Waals surface area contributed by atoms with E-state index in [1.54, 1.807) is 12.1 Å². The summed E-state index contributed by atoms with van der Waals surface area (Å²) in [5.74, 6) is 1.12. The van der Waals surface area contributed by atoms with Crippen molar-refractivity contribution in [2.75, 3.05) is 46.9 Å². The van der Waals surface area contributed by atoms with Crippen LogP contribution in [0.3, 0.4) is 0 Å². The summed E-state index contributed by atoms with van der Waals surface area (Å²) in [6.07, 6.45) is 4.53. The number of piperazine rings is 1. The van der Waals surface area contributed by atoms with Crippen LogP contribution in [0.15, 0.2) is 36.4 Å². The minimum Gasteiger partial charge on any atom is -0.493 e. The Labute approximate surface area is 209 Å². The van der Waals surface area contributed by atoms with Crippen LogP contribution in [0, 0.1) is 13.8 Å². The fourth-order valence-electron chi connectivity index (χ4n) is 5.44. The van der Waals surface area contributed by atoms with Crippen LogP contribution in [0.5, 0.6) is 5.75 Å². The van der Waals surface area contributed by atoms with Crippen LogP contribution in [0.2, 0.25) is 5.02 Å². The molecule has 2 fully saturated rings. The lowest BCUT2D eigenvalue weighted by atomic mass is 9.86. The number of carbonyl (C=O) groups is 1. The van der Waals surface area contributed by atoms with E-state index in [1.165, 1.54) is 29.5 Å². The zero-order valence-corrected chi connectivity index (χ0v) is 21.8. The van der Waals surface area contributed by atoms with E-state index >= 15 is 0 Å². The number of piperidine rings is 1. The standard InChI is InChI=1S/C28H38ClN3O2/c1-20-21(2)27(34-18-6-15-30(3)4)14-13-25(20)26-8-5-7-24-19-31(16-17-32(24)26)28(33)22-9-11-23(29)12-10-22/h9-14,24,26H,5-8,15-19H2,1-4H3. The number of carbonyl (C=O) groups excluding carboxylic acids is 1. The first-order valence-electron chi connectivity index (χ1n) is 12.5. The van der Waals surface area contributed by atoms with Crippen LogP contribution in [0.1, 0.15) is 58.8 Å². The average Bonchev–Trinajstić information content (AvgIpc) is 2.83. The number of rotatable bonds is 7. The highest BCUT2D eigenvalue weighted by Gasteiger charge is 2.37. The first-order valence-corrected chi connectivity index (χ1v) is 12.9. The third-order valence-electron chi connectivity index (χ3n) is 7.47. The topological polar surface area (TPSA) is 36.0 Å². The van der Waals surface area contributed by atoms with Crippen molar-refractivity contribution in [1.29, 1.82) is 0 Å². The molecule has 2 aromatic carbocycles. The number of ether oxygens (including phenoxy) is 1. The fourth-order valence-corrected chi connectivity index (χ4v) is 5.57. The first-order chi connectivity index (χ1) is 16.3. The lowest BCUT2D eigenvalue weighted by molar-refractivity contribution is 0.0101. The van der Waals surface area contributed by atoms with Crippen molar-refractivity contribution in [3.63, 3.8) is 0 Å². The largest absolute Gasteiger partial charge is 0.493 e. The average molecular weight is 484 g/mol. The van der Waals surface area contributed by atoms with E-state index in [-0.39, 0.29) is 5.91 Å². The molecule has 0 aliphatic carbocycles. The summed E-state index contributed by atoms with van der Waals surface area (Å²) >= 11 is 6.00. The molecule has 2 aromatic rings. The summed E-state index contributed by atoms with van der Waals surface area (Å²) in [4.78, 5) is 19.9. The highest BCUT2D eigenvalue weighted by molar-refractivity contribution is 6.30. The van der Waals surface area contributed by atoms with Gasteiger partial charge < -0.3 is 14.5 Å². The highest BCUT2D eigenvalue weighted by atomic mass is 35.5. The van der Waals surface area contributed by atoms with Gasteiger partial charge in [0.2, 0.25) is 0 Å². The molecule has 2 unspecified atom stereocenters. The first kappa shape index (κ1) is 25.0. The molecule has 2 aliphatic rings. The summed E-state index contributed by atoms with van der Waals surface area (Å²) in [5.41, 5.74) is 4.73. The van der Waals surface area contributed by atoms with Crippen molar-refractivity contribution < 1.29 is 9.53 Å². The molecular formula is C28H38ClN3O2. The van der Waals surface area contributed by atoms with E-state index < -0.39 is 0 Å². The second-order valence-electron chi connectivity index (χ2n) is 10.0. The predicted molar refractivity (Wildman–Crippen MR) is 139 cm³/mol. The van der Waals surface area contributed by atoms with E-state index in [0.29, 0.717) is 17.1 Å². The molecular weight excluding hydrogens is 446 g/mol. The second kappa shape index (κ2) is 11.1. The Balaban J connectivity index is 1.43. The zero-order chi connectivity index (χ0) is 24.2. The van der Waals surface area contributed by atoms with E-state index in [1.807, 2.05) is 17.0 Å². The van der Waals surface area contributed by atoms with Crippen LogP contribution in [0.25, 0.3) is 0 Å². The third-order valence-corrected chi connectivity index (χ3v) is 7.72. The molecule has 184 valence electrons. The molecule has 0 spiro atoms. The van der Waals surface area contributed by atoms with E-state index in [9.17, 15) is 4.79 Å². The summed E-state index contributed by atoms with van der Waals surface area (Å²) in [7, 11) is 4.18. The lowest BCUT2D eigenvalue weighted by Crippen LogP contribution is -2.57. The van der Waals surface area contributed by atoms with Gasteiger partial charge in [-0.1, -0.05) is 17.7 Å². The number of hydrogen-bond donors (Lipinski definition) is 0. The van der Waals surface area contributed by atoms with Gasteiger partial charge in [0.05, 0.1) is 6.61 Å². The van der Waals surface area contributed by atoms with Gasteiger partial charge in [0, 0.05) is 48.8 Å². The Morgan fingerprint density at radius 1 is 1.06 bits per heavy atom. The van der Waals surface area contributed by atoms with Gasteiger partial charge in [0.25, 0.3) is 5.91 Å². The molecule has 2 heterocycles. The molecule has 0 bridgehead atoms. The Kier molecular flexibility index (Phi) is 8.18. The Morgan fingerprint density at radius 2 is 1.82 bits per heavy atom. The zero-order valence-electron chi connectivity index (χ0n) is 21.0. The maximum absolute atomic E-state index is 13.1. The molecule has 6 heteroatoms. The van der Waals surface area contributed by atoms with Gasteiger partial charge in [0.15, 0.2) is 0 Å². The van der Waals surface area contributed by atoms with Gasteiger partial charge in [-0.25, -0.2) is 0 Å². The summed E-state index contributed by atoms with van der Waals surface area (Å²) in [5, 5.41) is 0.659. The van der Waals surface area contributed by atoms with E-state index in [2.05, 4.69) is 49.9 Å². The van der Waals surface area contributed by atoms with E-state index in [0.717, 1.165) is 56.9 Å². The second-order valence-corrected chi connectivity index (χ2v) is 10.4. The van der Waals surface area contributed by atoms with Crippen molar-refractivity contribution in [3.8, 4) is 5.75 Å². The van der Waals surface area contributed by atoms with Crippen LogP contribution in [-0.2, 0) is 0 Å². The minimum atomic E-state index is 0.112. The molecule has 2 atom stereocenters. The van der Waals surface area contributed by atoms with Crippen LogP contribution >= 0.6 is 11.6 Å². The summed E-state index contributed by atoms with van der Waals surface area (Å²) in [6.45, 7) is 8.67. The Morgan fingerprint density at radius 3 is 2.56 bits per heavy atom. The maximum Gasteiger partial charge on any atom is 0.253 e. The molecule has 0 N–H and O–H groups in total. The molecule has 34 heavy (non-hydrogen) atoms. The number of halogens is 1. The molecule has 4 rings (SSSR count). The van der Waals surface area contributed by atoms with Gasteiger partial charge in [-0.2, -0.15) is 0 Å². The minimum absolute atomic E-state index is 0.112. The maximum atomic E-state index is 13.1. The number of hydrogen-bond acceptors (Lipinski definition) is 4. The van der Waals surface area contributed by atoms with Crippen molar-refractivity contribution in [2.45, 2.75) is 51.6 Å². The normalized spacial score (nSPS) is 20.9. The Bertz CT molecular complexity index is 992. The number of amides is 1. The number of fused-ring (bicyclic) bond motifs is 1. The van der Waals surface area contributed by atoms with Gasteiger partial charge in [-0.05, 0) is 101 Å². The van der Waals surface area contributed by atoms with Crippen LogP contribution in [-0.4, -0.2) is 73.5 Å². The summed E-state index contributed by atoms with van der Waals surface area (Å²) < 4.78 is 6.11. The van der Waals surface area contributed by atoms with Gasteiger partial charge in [0.1, 0.15) is 5.75 Å². The van der Waals surface area contributed by atoms with E-state index in [4.69, 9.17) is 16.3 Å². The number of benzene rings is 2. The number of nitrogens with zero attached hydrogens (tertiary/aromatic N) is 3. The molecule has 0 radical (unpaired) electrons. The van der Waals surface area contributed by atoms with Crippen molar-refractivity contribution >= 4 is 17.5 Å². The predicted octanol–water partition coefficient (Wildman–Crippen LogP) is 5.34.